The van der Waals surface area contributed by atoms with Crippen molar-refractivity contribution in [2.45, 2.75) is 32.9 Å². The molecule has 0 saturated heterocycles. The van der Waals surface area contributed by atoms with Crippen LogP contribution in [-0.2, 0) is 22.6 Å². The molecule has 0 bridgehead atoms. The molecule has 1 aromatic rings. The number of aromatic nitrogens is 3. The van der Waals surface area contributed by atoms with Gasteiger partial charge in [0.15, 0.2) is 0 Å². The average Bonchev–Trinajstić information content (AvgIpc) is 2.63. The molecule has 0 saturated carbocycles. The summed E-state index contributed by atoms with van der Waals surface area (Å²) in [7, 11) is 0. The van der Waals surface area contributed by atoms with E-state index in [-0.39, 0.29) is 12.3 Å². The number of amides is 1. The van der Waals surface area contributed by atoms with Gasteiger partial charge in [-0.25, -0.2) is 9.78 Å². The molecule has 0 fully saturated rings. The van der Waals surface area contributed by atoms with Crippen molar-refractivity contribution in [3.63, 3.8) is 0 Å². The van der Waals surface area contributed by atoms with Gasteiger partial charge in [0.05, 0.1) is 0 Å². The summed E-state index contributed by atoms with van der Waals surface area (Å²) >= 11 is 0. The Morgan fingerprint density at radius 2 is 2.31 bits per heavy atom. The molecule has 1 rings (SSSR count). The number of carboxylic acid groups (broad SMARTS) is 1. The van der Waals surface area contributed by atoms with Crippen molar-refractivity contribution in [1.82, 2.24) is 20.1 Å². The lowest BCUT2D eigenvalue weighted by molar-refractivity contribution is -0.141. The fraction of sp³-hybridized carbons (Fsp3) is 0.556. The zero-order valence-electron chi connectivity index (χ0n) is 9.17. The monoisotopic (exact) mass is 226 g/mol. The van der Waals surface area contributed by atoms with Gasteiger partial charge in [-0.2, -0.15) is 5.10 Å². The van der Waals surface area contributed by atoms with Crippen molar-refractivity contribution >= 4 is 11.9 Å². The van der Waals surface area contributed by atoms with Gasteiger partial charge in [-0.05, 0) is 6.92 Å². The molecule has 1 aromatic heterocycles. The molecule has 1 atom stereocenters. The lowest BCUT2D eigenvalue weighted by Gasteiger charge is -2.12. The molecular formula is C9H14N4O3. The van der Waals surface area contributed by atoms with Crippen LogP contribution < -0.4 is 5.32 Å². The Labute approximate surface area is 92.5 Å². The first-order valence-electron chi connectivity index (χ1n) is 4.91. The number of aliphatic carboxylic acids is 1. The Balaban J connectivity index is 2.75. The second-order valence-corrected chi connectivity index (χ2v) is 3.29. The Morgan fingerprint density at radius 3 is 2.81 bits per heavy atom. The van der Waals surface area contributed by atoms with Crippen LogP contribution in [0.1, 0.15) is 19.7 Å². The van der Waals surface area contributed by atoms with Crippen LogP contribution in [0.15, 0.2) is 6.33 Å². The van der Waals surface area contributed by atoms with E-state index < -0.39 is 12.0 Å². The van der Waals surface area contributed by atoms with E-state index >= 15 is 0 Å². The number of aryl methyl sites for hydroxylation is 1. The van der Waals surface area contributed by atoms with Gasteiger partial charge in [-0.3, -0.25) is 9.48 Å². The maximum atomic E-state index is 10.9. The summed E-state index contributed by atoms with van der Waals surface area (Å²) in [4.78, 5) is 25.7. The van der Waals surface area contributed by atoms with Crippen LogP contribution in [0.3, 0.4) is 0 Å². The quantitative estimate of drug-likeness (QED) is 0.700. The summed E-state index contributed by atoms with van der Waals surface area (Å²) in [5.74, 6) is -0.917. The fourth-order valence-electron chi connectivity index (χ4n) is 1.34. The summed E-state index contributed by atoms with van der Waals surface area (Å²) in [5.41, 5.74) is 0. The van der Waals surface area contributed by atoms with Crippen LogP contribution in [0.4, 0.5) is 0 Å². The van der Waals surface area contributed by atoms with Gasteiger partial charge < -0.3 is 10.4 Å². The number of hydrogen-bond acceptors (Lipinski definition) is 4. The van der Waals surface area contributed by atoms with Crippen molar-refractivity contribution in [3.05, 3.63) is 12.2 Å². The number of nitrogens with one attached hydrogen (secondary N) is 1. The number of nitrogens with zero attached hydrogens (tertiary/aromatic N) is 3. The molecule has 2 N–H and O–H groups in total. The largest absolute Gasteiger partial charge is 0.480 e. The number of carboxylic acids is 1. The minimum absolute atomic E-state index is 0.128. The molecule has 0 aliphatic heterocycles. The standard InChI is InChI=1S/C9H14N4O3/c1-3-13-8(10-5-11-13)4-7(9(15)16)12-6(2)14/h5,7H,3-4H2,1-2H3,(H,12,14)(H,15,16). The highest BCUT2D eigenvalue weighted by Crippen LogP contribution is 2.00. The van der Waals surface area contributed by atoms with E-state index in [1.807, 2.05) is 6.92 Å². The highest BCUT2D eigenvalue weighted by molar-refractivity contribution is 5.82. The predicted molar refractivity (Wildman–Crippen MR) is 54.6 cm³/mol. The molecule has 1 unspecified atom stereocenters. The molecule has 0 spiro atoms. The molecule has 0 aliphatic carbocycles. The van der Waals surface area contributed by atoms with E-state index in [1.165, 1.54) is 13.3 Å². The molecule has 1 heterocycles. The topological polar surface area (TPSA) is 97.1 Å². The van der Waals surface area contributed by atoms with Crippen LogP contribution in [0, 0.1) is 0 Å². The zero-order chi connectivity index (χ0) is 12.1. The van der Waals surface area contributed by atoms with Gasteiger partial charge >= 0.3 is 5.97 Å². The summed E-state index contributed by atoms with van der Waals surface area (Å²) in [6.07, 6.45) is 1.49. The van der Waals surface area contributed by atoms with Crippen molar-refractivity contribution in [2.75, 3.05) is 0 Å². The third kappa shape index (κ3) is 3.04. The van der Waals surface area contributed by atoms with Crippen molar-refractivity contribution in [2.24, 2.45) is 0 Å². The average molecular weight is 226 g/mol. The van der Waals surface area contributed by atoms with Gasteiger partial charge in [-0.1, -0.05) is 0 Å². The highest BCUT2D eigenvalue weighted by atomic mass is 16.4. The van der Waals surface area contributed by atoms with E-state index in [9.17, 15) is 9.59 Å². The highest BCUT2D eigenvalue weighted by Gasteiger charge is 2.21. The maximum Gasteiger partial charge on any atom is 0.326 e. The first kappa shape index (κ1) is 12.2. The Morgan fingerprint density at radius 1 is 1.62 bits per heavy atom. The van der Waals surface area contributed by atoms with E-state index in [4.69, 9.17) is 5.11 Å². The molecule has 0 aromatic carbocycles. The van der Waals surface area contributed by atoms with Crippen molar-refractivity contribution in [3.8, 4) is 0 Å². The minimum atomic E-state index is -1.08. The lowest BCUT2D eigenvalue weighted by Crippen LogP contribution is -2.41. The molecular weight excluding hydrogens is 212 g/mol. The smallest absolute Gasteiger partial charge is 0.326 e. The minimum Gasteiger partial charge on any atom is -0.480 e. The van der Waals surface area contributed by atoms with Gasteiger partial charge in [0.1, 0.15) is 18.2 Å². The molecule has 0 radical (unpaired) electrons. The maximum absolute atomic E-state index is 10.9. The third-order valence-corrected chi connectivity index (χ3v) is 2.06. The van der Waals surface area contributed by atoms with Crippen molar-refractivity contribution < 1.29 is 14.7 Å². The number of hydrogen-bond donors (Lipinski definition) is 2. The van der Waals surface area contributed by atoms with Crippen LogP contribution in [0.25, 0.3) is 0 Å². The Bertz CT molecular complexity index is 388. The summed E-state index contributed by atoms with van der Waals surface area (Å²) in [5, 5.41) is 15.2. The second kappa shape index (κ2) is 5.24. The van der Waals surface area contributed by atoms with E-state index in [2.05, 4.69) is 15.4 Å². The summed E-state index contributed by atoms with van der Waals surface area (Å²) < 4.78 is 1.59. The van der Waals surface area contributed by atoms with Crippen LogP contribution in [-0.4, -0.2) is 37.8 Å². The fourth-order valence-corrected chi connectivity index (χ4v) is 1.34. The predicted octanol–water partition coefficient (Wildman–Crippen LogP) is -0.570. The van der Waals surface area contributed by atoms with Gasteiger partial charge in [0, 0.05) is 19.9 Å². The zero-order valence-corrected chi connectivity index (χ0v) is 9.17. The number of rotatable bonds is 5. The number of carbonyl (C=O) groups is 2. The lowest BCUT2D eigenvalue weighted by atomic mass is 10.2. The van der Waals surface area contributed by atoms with Crippen molar-refractivity contribution in [1.29, 1.82) is 0 Å². The number of carbonyl (C=O) groups excluding carboxylic acids is 1. The molecule has 7 nitrogen and oxygen atoms in total. The van der Waals surface area contributed by atoms with Gasteiger partial charge in [0.2, 0.25) is 5.91 Å². The first-order valence-corrected chi connectivity index (χ1v) is 4.91. The summed E-state index contributed by atoms with van der Waals surface area (Å²) in [6.45, 7) is 3.77. The normalized spacial score (nSPS) is 12.1. The van der Waals surface area contributed by atoms with E-state index in [0.717, 1.165) is 0 Å². The van der Waals surface area contributed by atoms with Gasteiger partial charge in [0.25, 0.3) is 0 Å². The summed E-state index contributed by atoms with van der Waals surface area (Å²) in [6, 6.07) is -0.966. The van der Waals surface area contributed by atoms with Gasteiger partial charge in [-0.15, -0.1) is 0 Å². The van der Waals surface area contributed by atoms with E-state index in [1.54, 1.807) is 4.68 Å². The molecule has 88 valence electrons. The molecule has 1 amide bonds. The van der Waals surface area contributed by atoms with Crippen LogP contribution in [0.2, 0.25) is 0 Å². The Kier molecular flexibility index (Phi) is 3.98. The Hall–Kier alpha value is -1.92. The SMILES string of the molecule is CCn1ncnc1CC(NC(C)=O)C(=O)O. The third-order valence-electron chi connectivity index (χ3n) is 2.06. The first-order chi connectivity index (χ1) is 7.54. The second-order valence-electron chi connectivity index (χ2n) is 3.29. The van der Waals surface area contributed by atoms with Crippen LogP contribution in [0.5, 0.6) is 0 Å². The molecule has 7 heteroatoms. The molecule has 16 heavy (non-hydrogen) atoms. The van der Waals surface area contributed by atoms with Crippen LogP contribution >= 0.6 is 0 Å². The molecule has 0 aliphatic rings. The van der Waals surface area contributed by atoms with E-state index in [0.29, 0.717) is 12.4 Å².